The summed E-state index contributed by atoms with van der Waals surface area (Å²) in [5, 5.41) is 22.2. The van der Waals surface area contributed by atoms with Crippen LogP contribution in [0.5, 0.6) is 0 Å². The highest BCUT2D eigenvalue weighted by atomic mass is 16.6. The topological polar surface area (TPSA) is 145 Å². The van der Waals surface area contributed by atoms with Gasteiger partial charge in [0.1, 0.15) is 11.6 Å². The van der Waals surface area contributed by atoms with E-state index >= 15 is 0 Å². The number of carboxylic acid groups (broad SMARTS) is 1. The molecule has 0 spiro atoms. The van der Waals surface area contributed by atoms with E-state index in [0.29, 0.717) is 0 Å². The van der Waals surface area contributed by atoms with Gasteiger partial charge in [0.15, 0.2) is 0 Å². The molecule has 10 nitrogen and oxygen atoms in total. The molecule has 142 valence electrons. The third-order valence-electron chi connectivity index (χ3n) is 3.76. The summed E-state index contributed by atoms with van der Waals surface area (Å²) in [5.41, 5.74) is -0.817. The number of aliphatic carboxylic acids is 1. The summed E-state index contributed by atoms with van der Waals surface area (Å²) >= 11 is 0. The summed E-state index contributed by atoms with van der Waals surface area (Å²) in [6, 6.07) is -1.39. The number of ether oxygens (including phenoxy) is 2. The lowest BCUT2D eigenvalue weighted by Gasteiger charge is -2.22. The second-order valence-corrected chi connectivity index (χ2v) is 6.83. The zero-order valence-corrected chi connectivity index (χ0v) is 14.7. The molecular formula is C15H24N2O8. The first-order valence-electron chi connectivity index (χ1n) is 7.98. The highest BCUT2D eigenvalue weighted by Crippen LogP contribution is 2.51. The van der Waals surface area contributed by atoms with Crippen molar-refractivity contribution in [1.29, 1.82) is 0 Å². The Morgan fingerprint density at radius 2 is 1.92 bits per heavy atom. The van der Waals surface area contributed by atoms with Gasteiger partial charge in [-0.1, -0.05) is 0 Å². The first-order valence-corrected chi connectivity index (χ1v) is 7.98. The fourth-order valence-electron chi connectivity index (χ4n) is 2.81. The average Bonchev–Trinajstić information content (AvgIpc) is 3.14. The van der Waals surface area contributed by atoms with Gasteiger partial charge in [0, 0.05) is 17.3 Å². The van der Waals surface area contributed by atoms with Crippen molar-refractivity contribution in [3.05, 3.63) is 10.1 Å². The number of esters is 1. The number of carbonyl (C=O) groups excluding carboxylic acids is 2. The van der Waals surface area contributed by atoms with Crippen LogP contribution in [0, 0.1) is 27.9 Å². The van der Waals surface area contributed by atoms with Crippen molar-refractivity contribution in [1.82, 2.24) is 5.32 Å². The summed E-state index contributed by atoms with van der Waals surface area (Å²) in [6.45, 7) is 6.20. The van der Waals surface area contributed by atoms with Crippen LogP contribution in [0.2, 0.25) is 0 Å². The van der Waals surface area contributed by atoms with Crippen LogP contribution >= 0.6 is 0 Å². The molecule has 1 aliphatic rings. The molecule has 1 rings (SSSR count). The molecule has 0 heterocycles. The van der Waals surface area contributed by atoms with Gasteiger partial charge in [0.05, 0.1) is 12.5 Å². The van der Waals surface area contributed by atoms with Gasteiger partial charge in [-0.3, -0.25) is 14.9 Å². The molecule has 0 bridgehead atoms. The van der Waals surface area contributed by atoms with E-state index in [4.69, 9.17) is 9.47 Å². The highest BCUT2D eigenvalue weighted by Gasteiger charge is 2.61. The minimum atomic E-state index is -1.39. The van der Waals surface area contributed by atoms with Crippen LogP contribution in [0.15, 0.2) is 0 Å². The van der Waals surface area contributed by atoms with E-state index in [-0.39, 0.29) is 13.0 Å². The Morgan fingerprint density at radius 1 is 1.32 bits per heavy atom. The van der Waals surface area contributed by atoms with E-state index in [1.54, 1.807) is 27.7 Å². The van der Waals surface area contributed by atoms with Crippen molar-refractivity contribution in [2.45, 2.75) is 45.8 Å². The molecule has 4 unspecified atom stereocenters. The number of hydrogen-bond acceptors (Lipinski definition) is 7. The first kappa shape index (κ1) is 20.7. The molecule has 1 saturated carbocycles. The molecule has 1 fully saturated rings. The minimum Gasteiger partial charge on any atom is -0.480 e. The van der Waals surface area contributed by atoms with E-state index in [1.807, 2.05) is 0 Å². The number of rotatable bonds is 8. The molecule has 0 radical (unpaired) electrons. The molecule has 0 saturated heterocycles. The largest absolute Gasteiger partial charge is 0.480 e. The number of carboxylic acids is 1. The van der Waals surface area contributed by atoms with Crippen LogP contribution in [0.4, 0.5) is 4.79 Å². The van der Waals surface area contributed by atoms with Gasteiger partial charge in [0.2, 0.25) is 6.54 Å². The van der Waals surface area contributed by atoms with Crippen molar-refractivity contribution >= 4 is 18.0 Å². The molecule has 1 amide bonds. The monoisotopic (exact) mass is 360 g/mol. The lowest BCUT2D eigenvalue weighted by molar-refractivity contribution is -0.481. The van der Waals surface area contributed by atoms with Gasteiger partial charge in [0.25, 0.3) is 0 Å². The maximum atomic E-state index is 12.0. The minimum absolute atomic E-state index is 0.0287. The third kappa shape index (κ3) is 6.20. The Kier molecular flexibility index (Phi) is 6.71. The maximum Gasteiger partial charge on any atom is 0.408 e. The normalized spacial score (nSPS) is 23.3. The van der Waals surface area contributed by atoms with Gasteiger partial charge >= 0.3 is 18.0 Å². The molecule has 0 aromatic rings. The van der Waals surface area contributed by atoms with Gasteiger partial charge < -0.3 is 19.9 Å². The van der Waals surface area contributed by atoms with Crippen molar-refractivity contribution in [2.24, 2.45) is 17.8 Å². The van der Waals surface area contributed by atoms with Crippen LogP contribution in [-0.4, -0.2) is 52.9 Å². The number of nitrogens with one attached hydrogen (secondary N) is 1. The maximum absolute atomic E-state index is 12.0. The zero-order chi connectivity index (χ0) is 19.4. The molecule has 4 atom stereocenters. The molecule has 10 heteroatoms. The number of nitrogens with zero attached hydrogens (tertiary/aromatic N) is 1. The number of amides is 1. The van der Waals surface area contributed by atoms with E-state index < -0.39 is 58.9 Å². The first-order chi connectivity index (χ1) is 11.5. The van der Waals surface area contributed by atoms with Crippen LogP contribution in [0.1, 0.15) is 34.1 Å². The fraction of sp³-hybridized carbons (Fsp3) is 0.800. The summed E-state index contributed by atoms with van der Waals surface area (Å²) in [5.74, 6) is -4.06. The molecule has 0 aromatic heterocycles. The Balaban J connectivity index is 2.87. The number of nitro groups is 1. The predicted octanol–water partition coefficient (Wildman–Crippen LogP) is 1.06. The quantitative estimate of drug-likeness (QED) is 0.371. The van der Waals surface area contributed by atoms with Gasteiger partial charge in [-0.2, -0.15) is 0 Å². The van der Waals surface area contributed by atoms with Crippen LogP contribution in [-0.2, 0) is 19.1 Å². The second kappa shape index (κ2) is 8.13. The molecular weight excluding hydrogens is 336 g/mol. The predicted molar refractivity (Wildman–Crippen MR) is 84.4 cm³/mol. The molecule has 0 aromatic carbocycles. The van der Waals surface area contributed by atoms with E-state index in [1.165, 1.54) is 0 Å². The third-order valence-corrected chi connectivity index (χ3v) is 3.76. The summed E-state index contributed by atoms with van der Waals surface area (Å²) in [7, 11) is 0. The summed E-state index contributed by atoms with van der Waals surface area (Å²) in [6.07, 6.45) is -0.900. The Bertz CT molecular complexity index is 542. The molecule has 1 aliphatic carbocycles. The fourth-order valence-corrected chi connectivity index (χ4v) is 2.81. The van der Waals surface area contributed by atoms with Crippen LogP contribution < -0.4 is 5.32 Å². The highest BCUT2D eigenvalue weighted by molar-refractivity contribution is 5.84. The van der Waals surface area contributed by atoms with Gasteiger partial charge in [-0.05, 0) is 33.6 Å². The van der Waals surface area contributed by atoms with Crippen LogP contribution in [0.25, 0.3) is 0 Å². The SMILES string of the molecule is CCOC(=O)C1C(CC[N+](=O)[O-])C1C(NC(=O)OC(C)(C)C)C(=O)O. The summed E-state index contributed by atoms with van der Waals surface area (Å²) < 4.78 is 9.94. The zero-order valence-electron chi connectivity index (χ0n) is 14.7. The van der Waals surface area contributed by atoms with Gasteiger partial charge in [-0.15, -0.1) is 0 Å². The standard InChI is InChI=1S/C15H24N2O8/c1-5-24-13(20)10-8(6-7-17(22)23)9(10)11(12(18)19)16-14(21)25-15(2,3)4/h8-11H,5-7H2,1-4H3,(H,16,21)(H,18,19). The van der Waals surface area contributed by atoms with Gasteiger partial charge in [-0.25, -0.2) is 9.59 Å². The van der Waals surface area contributed by atoms with E-state index in [2.05, 4.69) is 5.32 Å². The van der Waals surface area contributed by atoms with Crippen molar-refractivity contribution in [2.75, 3.05) is 13.2 Å². The average molecular weight is 360 g/mol. The van der Waals surface area contributed by atoms with Crippen LogP contribution in [0.3, 0.4) is 0 Å². The van der Waals surface area contributed by atoms with Crippen molar-refractivity contribution < 1.29 is 33.9 Å². The Morgan fingerprint density at radius 3 is 2.36 bits per heavy atom. The van der Waals surface area contributed by atoms with Crippen molar-refractivity contribution in [3.8, 4) is 0 Å². The van der Waals surface area contributed by atoms with E-state index in [9.17, 15) is 29.6 Å². The lowest BCUT2D eigenvalue weighted by atomic mass is 10.1. The van der Waals surface area contributed by atoms with Crippen molar-refractivity contribution in [3.63, 3.8) is 0 Å². The number of alkyl carbamates (subject to hydrolysis) is 1. The number of carbonyl (C=O) groups is 3. The molecule has 2 N–H and O–H groups in total. The Labute approximate surface area is 145 Å². The summed E-state index contributed by atoms with van der Waals surface area (Å²) in [4.78, 5) is 45.4. The van der Waals surface area contributed by atoms with E-state index in [0.717, 1.165) is 0 Å². The second-order valence-electron chi connectivity index (χ2n) is 6.83. The molecule has 0 aliphatic heterocycles. The Hall–Kier alpha value is -2.39. The molecule has 25 heavy (non-hydrogen) atoms. The smallest absolute Gasteiger partial charge is 0.408 e. The number of hydrogen-bond donors (Lipinski definition) is 2. The lowest BCUT2D eigenvalue weighted by Crippen LogP contribution is -2.45.